The highest BCUT2D eigenvalue weighted by atomic mass is 16.1. The molecule has 4 N–H and O–H groups in total. The van der Waals surface area contributed by atoms with Gasteiger partial charge in [0.25, 0.3) is 5.56 Å². The Hall–Kier alpha value is -2.83. The van der Waals surface area contributed by atoms with E-state index in [1.54, 1.807) is 29.1 Å². The molecule has 0 aliphatic heterocycles. The van der Waals surface area contributed by atoms with Gasteiger partial charge in [0.1, 0.15) is 0 Å². The summed E-state index contributed by atoms with van der Waals surface area (Å²) in [6, 6.07) is 5.07. The topological polar surface area (TPSA) is 102 Å². The molecular weight excluding hydrogens is 256 g/mol. The minimum atomic E-state index is -0.212. The SMILES string of the molecule is Cn1cc(CNc2nc3ccc(N)cc3c(=O)[nH]2)cn1. The molecule has 0 fully saturated rings. The van der Waals surface area contributed by atoms with Gasteiger partial charge in [-0.1, -0.05) is 0 Å². The molecule has 0 unspecified atom stereocenters. The number of anilines is 2. The van der Waals surface area contributed by atoms with Crippen molar-refractivity contribution in [1.29, 1.82) is 0 Å². The summed E-state index contributed by atoms with van der Waals surface area (Å²) in [7, 11) is 1.85. The van der Waals surface area contributed by atoms with Crippen molar-refractivity contribution in [3.8, 4) is 0 Å². The summed E-state index contributed by atoms with van der Waals surface area (Å²) in [5.74, 6) is 0.427. The minimum Gasteiger partial charge on any atom is -0.399 e. The summed E-state index contributed by atoms with van der Waals surface area (Å²) in [5, 5.41) is 7.63. The predicted molar refractivity (Wildman–Crippen MR) is 77.3 cm³/mol. The molecule has 0 atom stereocenters. The summed E-state index contributed by atoms with van der Waals surface area (Å²) in [6.45, 7) is 0.539. The Kier molecular flexibility index (Phi) is 2.86. The molecule has 0 amide bonds. The molecule has 0 saturated carbocycles. The average Bonchev–Trinajstić information content (AvgIpc) is 2.83. The van der Waals surface area contributed by atoms with E-state index < -0.39 is 0 Å². The lowest BCUT2D eigenvalue weighted by molar-refractivity contribution is 0.767. The standard InChI is InChI=1S/C13H14N6O/c1-19-7-8(6-16-19)5-15-13-17-11-3-2-9(14)4-10(11)12(20)18-13/h2-4,6-7H,5,14H2,1H3,(H2,15,17,18,20). The van der Waals surface area contributed by atoms with Gasteiger partial charge in [-0.2, -0.15) is 5.10 Å². The number of nitrogens with one attached hydrogen (secondary N) is 2. The van der Waals surface area contributed by atoms with Crippen LogP contribution in [-0.4, -0.2) is 19.7 Å². The second-order valence-corrected chi connectivity index (χ2v) is 4.57. The maximum Gasteiger partial charge on any atom is 0.260 e. The number of H-pyrrole nitrogens is 1. The van der Waals surface area contributed by atoms with Crippen LogP contribution in [0.25, 0.3) is 10.9 Å². The van der Waals surface area contributed by atoms with E-state index in [4.69, 9.17) is 5.73 Å². The molecular formula is C13H14N6O. The third-order valence-corrected chi connectivity index (χ3v) is 2.95. The van der Waals surface area contributed by atoms with Crippen molar-refractivity contribution in [2.45, 2.75) is 6.54 Å². The van der Waals surface area contributed by atoms with Gasteiger partial charge in [-0.15, -0.1) is 0 Å². The van der Waals surface area contributed by atoms with E-state index in [0.717, 1.165) is 5.56 Å². The zero-order valence-electron chi connectivity index (χ0n) is 10.9. The third-order valence-electron chi connectivity index (χ3n) is 2.95. The summed E-state index contributed by atoms with van der Waals surface area (Å²) in [4.78, 5) is 19.0. The molecule has 3 aromatic rings. The fourth-order valence-electron chi connectivity index (χ4n) is 1.99. The second-order valence-electron chi connectivity index (χ2n) is 4.57. The van der Waals surface area contributed by atoms with E-state index in [-0.39, 0.29) is 5.56 Å². The van der Waals surface area contributed by atoms with Crippen LogP contribution < -0.4 is 16.6 Å². The molecule has 0 saturated heterocycles. The van der Waals surface area contributed by atoms with E-state index in [2.05, 4.69) is 20.4 Å². The van der Waals surface area contributed by atoms with Crippen molar-refractivity contribution in [2.24, 2.45) is 7.05 Å². The number of aryl methyl sites for hydroxylation is 1. The van der Waals surface area contributed by atoms with Crippen molar-refractivity contribution in [1.82, 2.24) is 19.7 Å². The summed E-state index contributed by atoms with van der Waals surface area (Å²) < 4.78 is 1.72. The van der Waals surface area contributed by atoms with Gasteiger partial charge in [-0.05, 0) is 18.2 Å². The minimum absolute atomic E-state index is 0.212. The average molecular weight is 270 g/mol. The molecule has 0 radical (unpaired) electrons. The quantitative estimate of drug-likeness (QED) is 0.612. The number of nitrogens with two attached hydrogens (primary N) is 1. The highest BCUT2D eigenvalue weighted by molar-refractivity contribution is 5.81. The first-order valence-corrected chi connectivity index (χ1v) is 6.13. The molecule has 102 valence electrons. The summed E-state index contributed by atoms with van der Waals surface area (Å²) >= 11 is 0. The number of fused-ring (bicyclic) bond motifs is 1. The van der Waals surface area contributed by atoms with Crippen LogP contribution in [0, 0.1) is 0 Å². The number of rotatable bonds is 3. The number of nitrogen functional groups attached to an aromatic ring is 1. The van der Waals surface area contributed by atoms with Crippen LogP contribution in [0.3, 0.4) is 0 Å². The molecule has 2 heterocycles. The lowest BCUT2D eigenvalue weighted by atomic mass is 10.2. The molecule has 0 spiro atoms. The Bertz CT molecular complexity index is 819. The van der Waals surface area contributed by atoms with E-state index in [1.165, 1.54) is 0 Å². The summed E-state index contributed by atoms with van der Waals surface area (Å²) in [5.41, 5.74) is 7.61. The van der Waals surface area contributed by atoms with Crippen LogP contribution in [0.2, 0.25) is 0 Å². The molecule has 20 heavy (non-hydrogen) atoms. The van der Waals surface area contributed by atoms with Crippen molar-refractivity contribution < 1.29 is 0 Å². The maximum atomic E-state index is 12.0. The number of hydrogen-bond donors (Lipinski definition) is 3. The van der Waals surface area contributed by atoms with E-state index >= 15 is 0 Å². The van der Waals surface area contributed by atoms with Gasteiger partial charge in [-0.25, -0.2) is 4.98 Å². The monoisotopic (exact) mass is 270 g/mol. The number of nitrogens with zero attached hydrogens (tertiary/aromatic N) is 3. The molecule has 7 heteroatoms. The Balaban J connectivity index is 1.89. The third kappa shape index (κ3) is 2.33. The zero-order chi connectivity index (χ0) is 14.1. The first-order valence-electron chi connectivity index (χ1n) is 6.13. The second kappa shape index (κ2) is 4.69. The van der Waals surface area contributed by atoms with Crippen LogP contribution in [-0.2, 0) is 13.6 Å². The van der Waals surface area contributed by atoms with Crippen LogP contribution in [0.5, 0.6) is 0 Å². The van der Waals surface area contributed by atoms with Gasteiger partial charge in [0, 0.05) is 31.0 Å². The van der Waals surface area contributed by atoms with Crippen LogP contribution >= 0.6 is 0 Å². The smallest absolute Gasteiger partial charge is 0.260 e. The molecule has 0 aliphatic carbocycles. The lowest BCUT2D eigenvalue weighted by Gasteiger charge is -2.05. The van der Waals surface area contributed by atoms with E-state index in [9.17, 15) is 4.79 Å². The van der Waals surface area contributed by atoms with Crippen molar-refractivity contribution in [3.05, 3.63) is 46.5 Å². The van der Waals surface area contributed by atoms with Crippen LogP contribution in [0.15, 0.2) is 35.4 Å². The zero-order valence-corrected chi connectivity index (χ0v) is 10.9. The molecule has 3 rings (SSSR count). The van der Waals surface area contributed by atoms with E-state index in [1.807, 2.05) is 13.2 Å². The van der Waals surface area contributed by atoms with Gasteiger partial charge >= 0.3 is 0 Å². The molecule has 7 nitrogen and oxygen atoms in total. The fourth-order valence-corrected chi connectivity index (χ4v) is 1.99. The summed E-state index contributed by atoms with van der Waals surface area (Å²) in [6.07, 6.45) is 3.65. The van der Waals surface area contributed by atoms with Gasteiger partial charge in [0.2, 0.25) is 5.95 Å². The highest BCUT2D eigenvalue weighted by Crippen LogP contribution is 2.13. The Morgan fingerprint density at radius 1 is 1.45 bits per heavy atom. The van der Waals surface area contributed by atoms with Gasteiger partial charge < -0.3 is 11.1 Å². The number of benzene rings is 1. The first-order chi connectivity index (χ1) is 9.61. The highest BCUT2D eigenvalue weighted by Gasteiger charge is 2.04. The maximum absolute atomic E-state index is 12.0. The first kappa shape index (κ1) is 12.2. The van der Waals surface area contributed by atoms with E-state index in [0.29, 0.717) is 29.1 Å². The number of hydrogen-bond acceptors (Lipinski definition) is 5. The van der Waals surface area contributed by atoms with Crippen molar-refractivity contribution in [2.75, 3.05) is 11.1 Å². The number of aromatic nitrogens is 4. The molecule has 0 aliphatic rings. The normalized spacial score (nSPS) is 10.8. The fraction of sp³-hybridized carbons (Fsp3) is 0.154. The lowest BCUT2D eigenvalue weighted by Crippen LogP contribution is -2.13. The Morgan fingerprint density at radius 2 is 2.30 bits per heavy atom. The Labute approximate surface area is 114 Å². The van der Waals surface area contributed by atoms with Crippen molar-refractivity contribution >= 4 is 22.5 Å². The van der Waals surface area contributed by atoms with Gasteiger partial charge in [-0.3, -0.25) is 14.5 Å². The molecule has 2 aromatic heterocycles. The van der Waals surface area contributed by atoms with Crippen LogP contribution in [0.4, 0.5) is 11.6 Å². The van der Waals surface area contributed by atoms with Gasteiger partial charge in [0.05, 0.1) is 17.1 Å². The number of aromatic amines is 1. The van der Waals surface area contributed by atoms with Gasteiger partial charge in [0.15, 0.2) is 0 Å². The predicted octanol–water partition coefficient (Wildman–Crippen LogP) is 0.851. The van der Waals surface area contributed by atoms with Crippen LogP contribution in [0.1, 0.15) is 5.56 Å². The van der Waals surface area contributed by atoms with Crippen molar-refractivity contribution in [3.63, 3.8) is 0 Å². The molecule has 0 bridgehead atoms. The Morgan fingerprint density at radius 3 is 3.05 bits per heavy atom. The molecule has 1 aromatic carbocycles. The largest absolute Gasteiger partial charge is 0.399 e.